The number of likely N-dealkylation sites (tertiary alicyclic amines) is 1. The van der Waals surface area contributed by atoms with E-state index in [-0.39, 0.29) is 30.5 Å². The summed E-state index contributed by atoms with van der Waals surface area (Å²) < 4.78 is 5.32. The topological polar surface area (TPSA) is 73.0 Å². The molecule has 3 rings (SSSR count). The molecule has 0 bridgehead atoms. The fourth-order valence-electron chi connectivity index (χ4n) is 3.26. The van der Waals surface area contributed by atoms with Crippen LogP contribution in [0.3, 0.4) is 0 Å². The predicted molar refractivity (Wildman–Crippen MR) is 110 cm³/mol. The molecule has 7 heteroatoms. The number of aliphatic hydroxyl groups is 1. The molecule has 2 heterocycles. The maximum absolute atomic E-state index is 10.5. The van der Waals surface area contributed by atoms with Gasteiger partial charge < -0.3 is 25.1 Å². The number of nitrogens with one attached hydrogen (secondary N) is 2. The van der Waals surface area contributed by atoms with Crippen LogP contribution in [0, 0.1) is 0 Å². The third-order valence-electron chi connectivity index (χ3n) is 4.87. The largest absolute Gasteiger partial charge is 0.466 e. The Hall–Kier alpha value is -0.800. The van der Waals surface area contributed by atoms with Gasteiger partial charge in [0.05, 0.1) is 12.8 Å². The van der Waals surface area contributed by atoms with Crippen molar-refractivity contribution in [3.05, 3.63) is 24.2 Å². The minimum atomic E-state index is -1.10. The molecule has 2 fully saturated rings. The van der Waals surface area contributed by atoms with E-state index in [4.69, 9.17) is 4.42 Å². The molecule has 2 aliphatic rings. The van der Waals surface area contributed by atoms with Gasteiger partial charge in [-0.15, -0.1) is 24.0 Å². The highest BCUT2D eigenvalue weighted by Gasteiger charge is 2.32. The summed E-state index contributed by atoms with van der Waals surface area (Å²) in [5.74, 6) is 1.31. The average molecular weight is 462 g/mol. The Morgan fingerprint density at radius 2 is 2.08 bits per heavy atom. The molecule has 1 aromatic heterocycles. The monoisotopic (exact) mass is 462 g/mol. The lowest BCUT2D eigenvalue weighted by atomic mass is 10.0. The van der Waals surface area contributed by atoms with Crippen molar-refractivity contribution in [2.45, 2.75) is 57.2 Å². The van der Waals surface area contributed by atoms with Crippen molar-refractivity contribution in [1.82, 2.24) is 15.5 Å². The fourth-order valence-corrected chi connectivity index (χ4v) is 3.26. The van der Waals surface area contributed by atoms with Gasteiger partial charge in [-0.05, 0) is 51.7 Å². The molecule has 0 amide bonds. The van der Waals surface area contributed by atoms with Crippen molar-refractivity contribution in [3.63, 3.8) is 0 Å². The van der Waals surface area contributed by atoms with E-state index >= 15 is 0 Å². The second kappa shape index (κ2) is 9.23. The zero-order valence-corrected chi connectivity index (χ0v) is 17.5. The van der Waals surface area contributed by atoms with Crippen LogP contribution in [0.4, 0.5) is 0 Å². The minimum Gasteiger partial charge on any atom is -0.466 e. The van der Waals surface area contributed by atoms with E-state index in [1.165, 1.54) is 25.9 Å². The number of hydrogen-bond donors (Lipinski definition) is 3. The standard InChI is InChI=1S/C18H30N4O2.HI/c1-3-19-17(20-13-18(2,23)16-5-4-12-24-16)21-14-8-10-22(11-9-14)15-6-7-15;/h4-5,12,14-15,23H,3,6-11,13H2,1-2H3,(H2,19,20,21);1H. The number of guanidine groups is 1. The molecule has 25 heavy (non-hydrogen) atoms. The molecule has 1 aromatic rings. The number of aliphatic imine (C=N–C) groups is 1. The van der Waals surface area contributed by atoms with Gasteiger partial charge in [-0.3, -0.25) is 0 Å². The van der Waals surface area contributed by atoms with E-state index in [0.717, 1.165) is 31.4 Å². The first kappa shape index (κ1) is 20.5. The number of furan rings is 1. The number of hydrogen-bond acceptors (Lipinski definition) is 4. The quantitative estimate of drug-likeness (QED) is 0.344. The molecular weight excluding hydrogens is 431 g/mol. The van der Waals surface area contributed by atoms with Crippen LogP contribution in [0.1, 0.15) is 45.3 Å². The van der Waals surface area contributed by atoms with E-state index < -0.39 is 5.60 Å². The first-order valence-electron chi connectivity index (χ1n) is 9.14. The molecule has 3 N–H and O–H groups in total. The number of rotatable bonds is 6. The molecule has 1 aliphatic heterocycles. The van der Waals surface area contributed by atoms with Crippen molar-refractivity contribution in [1.29, 1.82) is 0 Å². The Morgan fingerprint density at radius 1 is 1.36 bits per heavy atom. The molecule has 1 unspecified atom stereocenters. The third-order valence-corrected chi connectivity index (χ3v) is 4.87. The number of piperidine rings is 1. The van der Waals surface area contributed by atoms with Gasteiger partial charge >= 0.3 is 0 Å². The highest BCUT2D eigenvalue weighted by Crippen LogP contribution is 2.29. The zero-order valence-electron chi connectivity index (χ0n) is 15.2. The summed E-state index contributed by atoms with van der Waals surface area (Å²) in [4.78, 5) is 7.19. The van der Waals surface area contributed by atoms with Gasteiger partial charge in [-0.2, -0.15) is 0 Å². The summed E-state index contributed by atoms with van der Waals surface area (Å²) >= 11 is 0. The molecule has 0 radical (unpaired) electrons. The first-order valence-corrected chi connectivity index (χ1v) is 9.14. The van der Waals surface area contributed by atoms with E-state index in [1.54, 1.807) is 25.3 Å². The lowest BCUT2D eigenvalue weighted by Crippen LogP contribution is -2.49. The highest BCUT2D eigenvalue weighted by molar-refractivity contribution is 14.0. The fraction of sp³-hybridized carbons (Fsp3) is 0.722. The van der Waals surface area contributed by atoms with Crippen LogP contribution in [0.5, 0.6) is 0 Å². The zero-order chi connectivity index (χ0) is 17.0. The smallest absolute Gasteiger partial charge is 0.191 e. The summed E-state index contributed by atoms with van der Waals surface area (Å²) in [7, 11) is 0. The Balaban J connectivity index is 0.00000225. The Labute approximate surface area is 167 Å². The van der Waals surface area contributed by atoms with E-state index in [1.807, 2.05) is 0 Å². The molecular formula is C18H31IN4O2. The first-order chi connectivity index (χ1) is 11.6. The Morgan fingerprint density at radius 3 is 2.64 bits per heavy atom. The van der Waals surface area contributed by atoms with Crippen molar-refractivity contribution < 1.29 is 9.52 Å². The van der Waals surface area contributed by atoms with Gasteiger partial charge in [0, 0.05) is 31.7 Å². The van der Waals surface area contributed by atoms with Crippen LogP contribution in [0.2, 0.25) is 0 Å². The van der Waals surface area contributed by atoms with Gasteiger partial charge in [0.15, 0.2) is 5.96 Å². The second-order valence-electron chi connectivity index (χ2n) is 7.13. The molecule has 1 aliphatic carbocycles. The van der Waals surface area contributed by atoms with Crippen LogP contribution in [0.15, 0.2) is 27.8 Å². The van der Waals surface area contributed by atoms with Crippen LogP contribution in [-0.4, -0.2) is 54.2 Å². The molecule has 1 saturated carbocycles. The Bertz CT molecular complexity index is 535. The van der Waals surface area contributed by atoms with E-state index in [9.17, 15) is 5.11 Å². The second-order valence-corrected chi connectivity index (χ2v) is 7.13. The maximum Gasteiger partial charge on any atom is 0.191 e. The van der Waals surface area contributed by atoms with Crippen molar-refractivity contribution in [2.24, 2.45) is 4.99 Å². The van der Waals surface area contributed by atoms with Gasteiger partial charge in [-0.1, -0.05) is 0 Å². The molecule has 6 nitrogen and oxygen atoms in total. The minimum absolute atomic E-state index is 0. The van der Waals surface area contributed by atoms with Gasteiger partial charge in [0.1, 0.15) is 11.4 Å². The summed E-state index contributed by atoms with van der Waals surface area (Å²) in [6.45, 7) is 7.19. The molecule has 1 atom stereocenters. The van der Waals surface area contributed by atoms with Crippen molar-refractivity contribution >= 4 is 29.9 Å². The van der Waals surface area contributed by atoms with Crippen molar-refractivity contribution in [3.8, 4) is 0 Å². The SMILES string of the molecule is CCNC(=NCC(C)(O)c1ccco1)NC1CCN(C2CC2)CC1.I. The van der Waals surface area contributed by atoms with Gasteiger partial charge in [0.25, 0.3) is 0 Å². The summed E-state index contributed by atoms with van der Waals surface area (Å²) in [6, 6.07) is 4.87. The normalized spacial score (nSPS) is 22.1. The summed E-state index contributed by atoms with van der Waals surface area (Å²) in [5, 5.41) is 17.3. The van der Waals surface area contributed by atoms with Crippen molar-refractivity contribution in [2.75, 3.05) is 26.2 Å². The summed E-state index contributed by atoms with van der Waals surface area (Å²) in [5.41, 5.74) is -1.10. The average Bonchev–Trinajstić information content (AvgIpc) is 3.26. The van der Waals surface area contributed by atoms with Crippen LogP contribution < -0.4 is 10.6 Å². The lowest BCUT2D eigenvalue weighted by Gasteiger charge is -2.33. The highest BCUT2D eigenvalue weighted by atomic mass is 127. The van der Waals surface area contributed by atoms with E-state index in [0.29, 0.717) is 11.8 Å². The molecule has 1 saturated heterocycles. The molecule has 0 spiro atoms. The van der Waals surface area contributed by atoms with Gasteiger partial charge in [0.2, 0.25) is 0 Å². The number of nitrogens with zero attached hydrogens (tertiary/aromatic N) is 2. The maximum atomic E-state index is 10.5. The van der Waals surface area contributed by atoms with Crippen LogP contribution >= 0.6 is 24.0 Å². The Kier molecular flexibility index (Phi) is 7.57. The van der Waals surface area contributed by atoms with Crippen LogP contribution in [0.25, 0.3) is 0 Å². The lowest BCUT2D eigenvalue weighted by molar-refractivity contribution is 0.0436. The van der Waals surface area contributed by atoms with Crippen LogP contribution in [-0.2, 0) is 5.60 Å². The molecule has 142 valence electrons. The summed E-state index contributed by atoms with van der Waals surface area (Å²) in [6.07, 6.45) is 6.63. The molecule has 0 aromatic carbocycles. The van der Waals surface area contributed by atoms with Gasteiger partial charge in [-0.25, -0.2) is 4.99 Å². The van der Waals surface area contributed by atoms with E-state index in [2.05, 4.69) is 27.4 Å². The third kappa shape index (κ3) is 5.86. The number of halogens is 1. The predicted octanol–water partition coefficient (Wildman–Crippen LogP) is 2.29.